The third-order valence-electron chi connectivity index (χ3n) is 2.48. The van der Waals surface area contributed by atoms with Crippen LogP contribution >= 0.6 is 31.4 Å². The van der Waals surface area contributed by atoms with Gasteiger partial charge in [-0.1, -0.05) is 31.6 Å². The molecule has 0 heterocycles. The van der Waals surface area contributed by atoms with Gasteiger partial charge in [-0.3, -0.25) is 0 Å². The van der Waals surface area contributed by atoms with Crippen molar-refractivity contribution in [2.75, 3.05) is 0 Å². The van der Waals surface area contributed by atoms with Crippen LogP contribution in [-0.4, -0.2) is 0 Å². The van der Waals surface area contributed by atoms with E-state index >= 15 is 0 Å². The first kappa shape index (κ1) is 13.2. The second-order valence-corrected chi connectivity index (χ2v) is 8.99. The molecule has 92 valence electrons. The minimum absolute atomic E-state index is 0.252. The molecule has 0 saturated carbocycles. The molecule has 0 aliphatic carbocycles. The molecule has 0 amide bonds. The van der Waals surface area contributed by atoms with Crippen molar-refractivity contribution in [3.63, 3.8) is 0 Å². The van der Waals surface area contributed by atoms with Crippen LogP contribution in [0.2, 0.25) is 0 Å². The van der Waals surface area contributed by atoms with Gasteiger partial charge in [0.15, 0.2) is 0 Å². The molecule has 17 heavy (non-hydrogen) atoms. The normalized spacial score (nSPS) is 11.9. The third-order valence-corrected chi connectivity index (χ3v) is 6.32. The lowest BCUT2D eigenvalue weighted by Crippen LogP contribution is -2.08. The summed E-state index contributed by atoms with van der Waals surface area (Å²) in [4.78, 5) is 2.67. The van der Waals surface area contributed by atoms with E-state index in [1.165, 1.54) is 15.4 Å². The van der Waals surface area contributed by atoms with Crippen LogP contribution in [0.4, 0.5) is 0 Å². The zero-order valence-corrected chi connectivity index (χ0v) is 12.7. The first-order valence-corrected chi connectivity index (χ1v) is 9.04. The Hall–Kier alpha value is -0.250. The molecule has 0 spiro atoms. The second-order valence-electron chi connectivity index (χ2n) is 4.94. The SMILES string of the molecule is CC(C)(C)c1cc(SSSc2ccc[cH-]2)c[cH-]1. The highest BCUT2D eigenvalue weighted by Gasteiger charge is 2.08. The Morgan fingerprint density at radius 3 is 2.53 bits per heavy atom. The Balaban J connectivity index is 1.85. The van der Waals surface area contributed by atoms with E-state index < -0.39 is 0 Å². The van der Waals surface area contributed by atoms with Gasteiger partial charge >= 0.3 is 0 Å². The van der Waals surface area contributed by atoms with Gasteiger partial charge in [0.1, 0.15) is 0 Å². The summed E-state index contributed by atoms with van der Waals surface area (Å²) in [5, 5.41) is 0. The molecule has 2 aromatic rings. The molecule has 0 saturated heterocycles. The minimum Gasteiger partial charge on any atom is -0.213 e. The van der Waals surface area contributed by atoms with E-state index in [2.05, 4.69) is 63.2 Å². The number of hydrogen-bond acceptors (Lipinski definition) is 3. The van der Waals surface area contributed by atoms with Gasteiger partial charge in [0.05, 0.1) is 0 Å². The summed E-state index contributed by atoms with van der Waals surface area (Å²) >= 11 is 0. The Bertz CT molecular complexity index is 446. The van der Waals surface area contributed by atoms with E-state index in [1.54, 1.807) is 0 Å². The van der Waals surface area contributed by atoms with Gasteiger partial charge in [-0.15, -0.1) is 20.6 Å². The maximum atomic E-state index is 2.29. The van der Waals surface area contributed by atoms with E-state index in [-0.39, 0.29) is 5.41 Å². The van der Waals surface area contributed by atoms with Crippen molar-refractivity contribution in [1.82, 2.24) is 0 Å². The largest absolute Gasteiger partial charge is 0.213 e. The zero-order chi connectivity index (χ0) is 12.3. The lowest BCUT2D eigenvalue weighted by molar-refractivity contribution is 0.591. The molecular weight excluding hydrogens is 264 g/mol. The Morgan fingerprint density at radius 1 is 1.12 bits per heavy atom. The molecule has 0 unspecified atom stereocenters. The highest BCUT2D eigenvalue weighted by molar-refractivity contribution is 9.09. The van der Waals surface area contributed by atoms with Crippen LogP contribution in [-0.2, 0) is 5.41 Å². The molecule has 2 aromatic carbocycles. The van der Waals surface area contributed by atoms with Crippen molar-refractivity contribution in [3.05, 3.63) is 48.0 Å². The Labute approximate surface area is 115 Å². The van der Waals surface area contributed by atoms with Crippen LogP contribution in [0.1, 0.15) is 26.3 Å². The van der Waals surface area contributed by atoms with Gasteiger partial charge < -0.3 is 0 Å². The molecule has 0 aliphatic heterocycles. The molecule has 0 nitrogen and oxygen atoms in total. The summed E-state index contributed by atoms with van der Waals surface area (Å²) in [6.07, 6.45) is 0. The average molecular weight is 280 g/mol. The molecule has 0 fully saturated rings. The van der Waals surface area contributed by atoms with Crippen molar-refractivity contribution in [2.45, 2.75) is 36.0 Å². The average Bonchev–Trinajstić information content (AvgIpc) is 2.86. The number of rotatable bonds is 4. The van der Waals surface area contributed by atoms with Crippen LogP contribution in [0.3, 0.4) is 0 Å². The van der Waals surface area contributed by atoms with E-state index in [1.807, 2.05) is 31.4 Å². The summed E-state index contributed by atoms with van der Waals surface area (Å²) < 4.78 is 0. The monoisotopic (exact) mass is 280 g/mol. The van der Waals surface area contributed by atoms with Gasteiger partial charge in [0.25, 0.3) is 0 Å². The van der Waals surface area contributed by atoms with Crippen molar-refractivity contribution in [2.24, 2.45) is 0 Å². The molecule has 0 radical (unpaired) electrons. The highest BCUT2D eigenvalue weighted by atomic mass is 33.5. The molecule has 0 aliphatic rings. The maximum absolute atomic E-state index is 2.29. The predicted octanol–water partition coefficient (Wildman–Crippen LogP) is 5.87. The van der Waals surface area contributed by atoms with E-state index in [0.717, 1.165) is 0 Å². The van der Waals surface area contributed by atoms with Gasteiger partial charge in [-0.05, 0) is 15.2 Å². The Morgan fingerprint density at radius 2 is 1.94 bits per heavy atom. The van der Waals surface area contributed by atoms with Crippen LogP contribution < -0.4 is 0 Å². The maximum Gasteiger partial charge on any atom is -0.0312 e. The van der Waals surface area contributed by atoms with Crippen LogP contribution in [0.5, 0.6) is 0 Å². The molecule has 2 rings (SSSR count). The lowest BCUT2D eigenvalue weighted by atomic mass is 9.89. The van der Waals surface area contributed by atoms with Crippen molar-refractivity contribution in [3.8, 4) is 0 Å². The summed E-state index contributed by atoms with van der Waals surface area (Å²) in [6.45, 7) is 6.76. The van der Waals surface area contributed by atoms with Gasteiger partial charge in [0.2, 0.25) is 0 Å². The smallest absolute Gasteiger partial charge is 0.0312 e. The van der Waals surface area contributed by atoms with E-state index in [9.17, 15) is 0 Å². The fraction of sp³-hybridized carbons (Fsp3) is 0.286. The van der Waals surface area contributed by atoms with Crippen molar-refractivity contribution >= 4 is 31.4 Å². The molecule has 0 atom stereocenters. The van der Waals surface area contributed by atoms with Gasteiger partial charge in [0, 0.05) is 0 Å². The second kappa shape index (κ2) is 5.59. The molecule has 3 heteroatoms. The molecule has 0 bridgehead atoms. The summed E-state index contributed by atoms with van der Waals surface area (Å²) in [6, 6.07) is 15.2. The fourth-order valence-electron chi connectivity index (χ4n) is 1.45. The molecule has 0 N–H and O–H groups in total. The third kappa shape index (κ3) is 3.87. The first-order valence-electron chi connectivity index (χ1n) is 5.56. The van der Waals surface area contributed by atoms with Crippen LogP contribution in [0.15, 0.2) is 52.3 Å². The standard InChI is InChI=1S/C14H16S3/c1-14(2,3)11-8-9-13(10-11)16-17-15-12-6-4-5-7-12/h4-10H,1-3H3/q-2. The van der Waals surface area contributed by atoms with Crippen molar-refractivity contribution < 1.29 is 0 Å². The fourth-order valence-corrected chi connectivity index (χ4v) is 5.14. The minimum atomic E-state index is 0.252. The molecule has 0 aromatic heterocycles. The van der Waals surface area contributed by atoms with Gasteiger partial charge in [-0.2, -0.15) is 42.0 Å². The summed E-state index contributed by atoms with van der Waals surface area (Å²) in [5.74, 6) is 0. The quantitative estimate of drug-likeness (QED) is 0.508. The topological polar surface area (TPSA) is 0 Å². The zero-order valence-electron chi connectivity index (χ0n) is 10.3. The Kier molecular flexibility index (Phi) is 4.34. The van der Waals surface area contributed by atoms with Crippen molar-refractivity contribution in [1.29, 1.82) is 0 Å². The van der Waals surface area contributed by atoms with E-state index in [0.29, 0.717) is 0 Å². The first-order chi connectivity index (χ1) is 8.05. The lowest BCUT2D eigenvalue weighted by Gasteiger charge is -2.21. The number of hydrogen-bond donors (Lipinski definition) is 0. The van der Waals surface area contributed by atoms with E-state index in [4.69, 9.17) is 0 Å². The molecular formula is C14H16S3-2. The summed E-state index contributed by atoms with van der Waals surface area (Å²) in [5.41, 5.74) is 1.67. The summed E-state index contributed by atoms with van der Waals surface area (Å²) in [7, 11) is 5.47. The van der Waals surface area contributed by atoms with Gasteiger partial charge in [-0.25, -0.2) is 6.07 Å². The highest BCUT2D eigenvalue weighted by Crippen LogP contribution is 2.45. The van der Waals surface area contributed by atoms with Crippen LogP contribution in [0.25, 0.3) is 0 Å². The van der Waals surface area contributed by atoms with Crippen LogP contribution in [0, 0.1) is 0 Å². The predicted molar refractivity (Wildman–Crippen MR) is 82.1 cm³/mol.